The third kappa shape index (κ3) is 3.37. The van der Waals surface area contributed by atoms with Gasteiger partial charge in [0.15, 0.2) is 0 Å². The van der Waals surface area contributed by atoms with Crippen LogP contribution in [0.4, 0.5) is 0 Å². The average molecular weight is 419 g/mol. The number of aliphatic hydroxyl groups excluding tert-OH is 1. The molecule has 0 heterocycles. The number of carbonyl (C=O) groups excluding carboxylic acids is 1. The minimum atomic E-state index is -0.0652. The molecule has 30 heavy (non-hydrogen) atoms. The van der Waals surface area contributed by atoms with Gasteiger partial charge in [-0.05, 0) is 110 Å². The largest absolute Gasteiger partial charge is 0.469 e. The standard InChI is InChI=1S/C27H46O3/c1-16(7-10-24(29)30-6)21-8-9-22-25-17(2)13-19-15-20(28)11-12-26(19,4)23(25)14-18(3)27(21,22)5/h16-23,25,28H,7-15H2,1-6H3/t16?,17-,18+,19?,20-,21?,22?,23?,25?,26?,27?/m1/s1. The molecule has 0 aromatic carbocycles. The normalized spacial score (nSPS) is 51.4. The molecule has 0 aromatic heterocycles. The van der Waals surface area contributed by atoms with Crippen molar-refractivity contribution in [3.05, 3.63) is 0 Å². The van der Waals surface area contributed by atoms with Crippen LogP contribution in [-0.4, -0.2) is 24.3 Å². The Balaban J connectivity index is 1.58. The van der Waals surface area contributed by atoms with E-state index in [-0.39, 0.29) is 12.1 Å². The minimum absolute atomic E-state index is 0.0577. The van der Waals surface area contributed by atoms with E-state index in [1.165, 1.54) is 39.2 Å². The lowest BCUT2D eigenvalue weighted by Crippen LogP contribution is -2.58. The number of esters is 1. The summed E-state index contributed by atoms with van der Waals surface area (Å²) < 4.78 is 4.91. The summed E-state index contributed by atoms with van der Waals surface area (Å²) in [6.45, 7) is 12.7. The monoisotopic (exact) mass is 418 g/mol. The van der Waals surface area contributed by atoms with Crippen molar-refractivity contribution in [2.75, 3.05) is 7.11 Å². The molecule has 3 nitrogen and oxygen atoms in total. The molecule has 0 aromatic rings. The van der Waals surface area contributed by atoms with Crippen molar-refractivity contribution in [3.8, 4) is 0 Å². The van der Waals surface area contributed by atoms with Crippen LogP contribution in [-0.2, 0) is 9.53 Å². The highest BCUT2D eigenvalue weighted by Gasteiger charge is 2.64. The molecule has 4 aliphatic carbocycles. The van der Waals surface area contributed by atoms with Gasteiger partial charge in [0.25, 0.3) is 0 Å². The molecule has 4 fully saturated rings. The summed E-state index contributed by atoms with van der Waals surface area (Å²) in [5.41, 5.74) is 0.836. The average Bonchev–Trinajstić information content (AvgIpc) is 3.06. The molecule has 1 N–H and O–H groups in total. The first-order valence-corrected chi connectivity index (χ1v) is 12.9. The minimum Gasteiger partial charge on any atom is -0.469 e. The number of hydrogen-bond acceptors (Lipinski definition) is 3. The van der Waals surface area contributed by atoms with E-state index in [0.717, 1.165) is 54.8 Å². The maximum absolute atomic E-state index is 11.7. The highest BCUT2D eigenvalue weighted by Crippen LogP contribution is 2.70. The lowest BCUT2D eigenvalue weighted by Gasteiger charge is -2.64. The van der Waals surface area contributed by atoms with Gasteiger partial charge in [0.2, 0.25) is 0 Å². The zero-order valence-corrected chi connectivity index (χ0v) is 20.3. The smallest absolute Gasteiger partial charge is 0.305 e. The van der Waals surface area contributed by atoms with E-state index < -0.39 is 0 Å². The first-order chi connectivity index (χ1) is 14.1. The molecule has 0 aliphatic heterocycles. The van der Waals surface area contributed by atoms with Crippen LogP contribution >= 0.6 is 0 Å². The van der Waals surface area contributed by atoms with Gasteiger partial charge in [0, 0.05) is 6.42 Å². The van der Waals surface area contributed by atoms with Gasteiger partial charge >= 0.3 is 5.97 Å². The van der Waals surface area contributed by atoms with Crippen LogP contribution in [0.25, 0.3) is 0 Å². The van der Waals surface area contributed by atoms with Gasteiger partial charge in [-0.1, -0.05) is 34.6 Å². The van der Waals surface area contributed by atoms with E-state index >= 15 is 0 Å². The summed E-state index contributed by atoms with van der Waals surface area (Å²) in [6.07, 6.45) is 10.1. The van der Waals surface area contributed by atoms with Crippen molar-refractivity contribution < 1.29 is 14.6 Å². The fourth-order valence-electron chi connectivity index (χ4n) is 9.57. The van der Waals surface area contributed by atoms with E-state index in [9.17, 15) is 9.90 Å². The van der Waals surface area contributed by atoms with Gasteiger partial charge in [0.05, 0.1) is 13.2 Å². The number of hydrogen-bond donors (Lipinski definition) is 1. The summed E-state index contributed by atoms with van der Waals surface area (Å²) in [4.78, 5) is 11.7. The Kier molecular flexibility index (Phi) is 6.10. The zero-order chi connectivity index (χ0) is 21.8. The van der Waals surface area contributed by atoms with Crippen molar-refractivity contribution in [2.45, 2.75) is 98.5 Å². The Morgan fingerprint density at radius 1 is 1.10 bits per heavy atom. The van der Waals surface area contributed by atoms with Crippen LogP contribution in [0, 0.1) is 58.2 Å². The van der Waals surface area contributed by atoms with Gasteiger partial charge in [-0.2, -0.15) is 0 Å². The first kappa shape index (κ1) is 22.6. The Bertz CT molecular complexity index is 646. The van der Waals surface area contributed by atoms with Crippen molar-refractivity contribution in [3.63, 3.8) is 0 Å². The third-order valence-electron chi connectivity index (χ3n) is 11.4. The molecule has 4 aliphatic rings. The summed E-state index contributed by atoms with van der Waals surface area (Å²) in [5, 5.41) is 10.4. The van der Waals surface area contributed by atoms with Gasteiger partial charge in [-0.3, -0.25) is 4.79 Å². The molecule has 0 spiro atoms. The van der Waals surface area contributed by atoms with Gasteiger partial charge in [-0.15, -0.1) is 0 Å². The number of carbonyl (C=O) groups is 1. The Labute approximate surface area is 184 Å². The summed E-state index contributed by atoms with van der Waals surface area (Å²) in [6, 6.07) is 0. The molecule has 0 saturated heterocycles. The fourth-order valence-corrected chi connectivity index (χ4v) is 9.57. The Morgan fingerprint density at radius 2 is 1.83 bits per heavy atom. The van der Waals surface area contributed by atoms with E-state index in [2.05, 4.69) is 34.6 Å². The molecule has 0 bridgehead atoms. The van der Waals surface area contributed by atoms with E-state index in [0.29, 0.717) is 29.1 Å². The van der Waals surface area contributed by atoms with Gasteiger partial charge < -0.3 is 9.84 Å². The molecular weight excluding hydrogens is 372 g/mol. The second-order valence-corrected chi connectivity index (χ2v) is 12.4. The molecule has 3 heteroatoms. The predicted molar refractivity (Wildman–Crippen MR) is 121 cm³/mol. The summed E-state index contributed by atoms with van der Waals surface area (Å²) in [7, 11) is 1.51. The first-order valence-electron chi connectivity index (χ1n) is 12.9. The predicted octanol–water partition coefficient (Wildman–Crippen LogP) is 6.09. The number of fused-ring (bicyclic) bond motifs is 5. The molecule has 172 valence electrons. The maximum atomic E-state index is 11.7. The lowest BCUT2D eigenvalue weighted by atomic mass is 9.40. The SMILES string of the molecule is COC(=O)CCC(C)C1CCC2C3C(C[C@H](C)C12C)C1(C)CC[C@@H](O)CC1C[C@H]3C. The van der Waals surface area contributed by atoms with Crippen LogP contribution in [0.2, 0.25) is 0 Å². The van der Waals surface area contributed by atoms with Crippen LogP contribution < -0.4 is 0 Å². The van der Waals surface area contributed by atoms with E-state index in [4.69, 9.17) is 4.74 Å². The van der Waals surface area contributed by atoms with Gasteiger partial charge in [-0.25, -0.2) is 0 Å². The summed E-state index contributed by atoms with van der Waals surface area (Å²) in [5.74, 6) is 6.00. The number of methoxy groups -OCH3 is 1. The highest BCUT2D eigenvalue weighted by molar-refractivity contribution is 5.69. The molecule has 0 radical (unpaired) electrons. The number of aliphatic hydroxyl groups is 1. The second kappa shape index (κ2) is 8.09. The molecule has 11 atom stereocenters. The third-order valence-corrected chi connectivity index (χ3v) is 11.4. The molecule has 4 saturated carbocycles. The van der Waals surface area contributed by atoms with Crippen LogP contribution in [0.15, 0.2) is 0 Å². The quantitative estimate of drug-likeness (QED) is 0.562. The maximum Gasteiger partial charge on any atom is 0.305 e. The fraction of sp³-hybridized carbons (Fsp3) is 0.963. The topological polar surface area (TPSA) is 46.5 Å². The molecule has 0 amide bonds. The number of rotatable bonds is 4. The van der Waals surface area contributed by atoms with Gasteiger partial charge in [0.1, 0.15) is 0 Å². The summed E-state index contributed by atoms with van der Waals surface area (Å²) >= 11 is 0. The lowest BCUT2D eigenvalue weighted by molar-refractivity contribution is -0.168. The molecular formula is C27H46O3. The second-order valence-electron chi connectivity index (χ2n) is 12.4. The highest BCUT2D eigenvalue weighted by atomic mass is 16.5. The van der Waals surface area contributed by atoms with Crippen molar-refractivity contribution in [1.82, 2.24) is 0 Å². The van der Waals surface area contributed by atoms with Crippen LogP contribution in [0.1, 0.15) is 92.4 Å². The number of ether oxygens (including phenoxy) is 1. The van der Waals surface area contributed by atoms with Crippen molar-refractivity contribution >= 4 is 5.97 Å². The zero-order valence-electron chi connectivity index (χ0n) is 20.3. The molecule has 4 rings (SSSR count). The van der Waals surface area contributed by atoms with Crippen molar-refractivity contribution in [1.29, 1.82) is 0 Å². The van der Waals surface area contributed by atoms with E-state index in [1.54, 1.807) is 0 Å². The van der Waals surface area contributed by atoms with Crippen LogP contribution in [0.3, 0.4) is 0 Å². The Hall–Kier alpha value is -0.570. The van der Waals surface area contributed by atoms with Crippen molar-refractivity contribution in [2.24, 2.45) is 58.2 Å². The molecule has 8 unspecified atom stereocenters. The Morgan fingerprint density at radius 3 is 2.53 bits per heavy atom. The van der Waals surface area contributed by atoms with E-state index in [1.807, 2.05) is 0 Å². The van der Waals surface area contributed by atoms with Crippen LogP contribution in [0.5, 0.6) is 0 Å².